The topological polar surface area (TPSA) is 61.7 Å². The van der Waals surface area contributed by atoms with Crippen molar-refractivity contribution >= 4 is 40.7 Å². The number of nitrogens with zero attached hydrogens (tertiary/aromatic N) is 1. The molecule has 1 unspecified atom stereocenters. The van der Waals surface area contributed by atoms with Gasteiger partial charge in [0.25, 0.3) is 11.3 Å². The molecule has 0 aromatic rings. The summed E-state index contributed by atoms with van der Waals surface area (Å²) in [6, 6.07) is 0. The lowest BCUT2D eigenvalue weighted by Gasteiger charge is -1.89. The van der Waals surface area contributed by atoms with Crippen LogP contribution in [0.15, 0.2) is 5.10 Å². The summed E-state index contributed by atoms with van der Waals surface area (Å²) in [7, 11) is 0. The highest BCUT2D eigenvalue weighted by molar-refractivity contribution is 7.77. The molecule has 54 valence electrons. The van der Waals surface area contributed by atoms with Crippen molar-refractivity contribution in [1.82, 2.24) is 4.83 Å². The summed E-state index contributed by atoms with van der Waals surface area (Å²) >= 11 is 8.17. The molecule has 0 aliphatic carbocycles. The average molecular weight is 191 g/mol. The molecule has 1 atom stereocenters. The number of hydrogen-bond acceptors (Lipinski definition) is 2. The van der Waals surface area contributed by atoms with Crippen molar-refractivity contribution in [2.24, 2.45) is 5.10 Å². The van der Waals surface area contributed by atoms with E-state index in [9.17, 15) is 4.21 Å². The third kappa shape index (κ3) is 8.16. The molecular formula is C2H4Cl2N2O2S. The fourth-order valence-electron chi connectivity index (χ4n) is 0.132. The molecule has 0 bridgehead atoms. The van der Waals surface area contributed by atoms with Crippen LogP contribution in [0.1, 0.15) is 0 Å². The van der Waals surface area contributed by atoms with E-state index in [-0.39, 0.29) is 0 Å². The summed E-state index contributed by atoms with van der Waals surface area (Å²) in [4.78, 5) is 1.04. The second-order valence-corrected chi connectivity index (χ2v) is 2.80. The summed E-state index contributed by atoms with van der Waals surface area (Å²) in [6.45, 7) is 0. The van der Waals surface area contributed by atoms with Gasteiger partial charge in [-0.3, -0.25) is 4.55 Å². The van der Waals surface area contributed by atoms with Gasteiger partial charge in [0, 0.05) is 0 Å². The molecule has 2 N–H and O–H groups in total. The van der Waals surface area contributed by atoms with Crippen molar-refractivity contribution in [3.63, 3.8) is 0 Å². The van der Waals surface area contributed by atoms with Crippen LogP contribution in [0.3, 0.4) is 0 Å². The van der Waals surface area contributed by atoms with Gasteiger partial charge in [0.1, 0.15) is 4.84 Å². The third-order valence-corrected chi connectivity index (χ3v) is 0.805. The van der Waals surface area contributed by atoms with Gasteiger partial charge >= 0.3 is 0 Å². The van der Waals surface area contributed by atoms with Gasteiger partial charge in [0.05, 0.1) is 6.21 Å². The van der Waals surface area contributed by atoms with E-state index in [4.69, 9.17) is 27.8 Å². The van der Waals surface area contributed by atoms with Crippen molar-refractivity contribution in [3.8, 4) is 0 Å². The summed E-state index contributed by atoms with van der Waals surface area (Å²) in [6.07, 6.45) is 1.08. The molecule has 0 saturated heterocycles. The Kier molecular flexibility index (Phi) is 5.07. The van der Waals surface area contributed by atoms with E-state index in [2.05, 4.69) is 5.10 Å². The first-order valence-electron chi connectivity index (χ1n) is 1.80. The Bertz CT molecular complexity index is 128. The van der Waals surface area contributed by atoms with Crippen molar-refractivity contribution < 1.29 is 8.76 Å². The summed E-state index contributed by atoms with van der Waals surface area (Å²) in [5.41, 5.74) is 0. The number of nitrogens with one attached hydrogen (secondary N) is 1. The number of hydrogen-bond donors (Lipinski definition) is 2. The van der Waals surface area contributed by atoms with E-state index in [1.807, 2.05) is 0 Å². The van der Waals surface area contributed by atoms with Gasteiger partial charge in [-0.05, 0) is 0 Å². The second-order valence-electron chi connectivity index (χ2n) is 0.953. The highest BCUT2D eigenvalue weighted by Gasteiger charge is 1.89. The predicted octanol–water partition coefficient (Wildman–Crippen LogP) is 0.502. The van der Waals surface area contributed by atoms with E-state index < -0.39 is 16.1 Å². The number of rotatable bonds is 3. The fourth-order valence-corrected chi connectivity index (χ4v) is 0.396. The molecule has 4 nitrogen and oxygen atoms in total. The van der Waals surface area contributed by atoms with Gasteiger partial charge in [-0.25, -0.2) is 9.04 Å². The zero-order valence-electron chi connectivity index (χ0n) is 4.12. The van der Waals surface area contributed by atoms with Crippen LogP contribution in [0.4, 0.5) is 0 Å². The molecular weight excluding hydrogens is 187 g/mol. The Labute approximate surface area is 64.6 Å². The maximum Gasteiger partial charge on any atom is 0.275 e. The van der Waals surface area contributed by atoms with E-state index in [1.54, 1.807) is 4.83 Å². The van der Waals surface area contributed by atoms with Crippen LogP contribution >= 0.6 is 23.2 Å². The van der Waals surface area contributed by atoms with Crippen molar-refractivity contribution in [3.05, 3.63) is 0 Å². The molecule has 0 fully saturated rings. The molecule has 0 aromatic heterocycles. The number of hydrazone groups is 1. The largest absolute Gasteiger partial charge is 0.288 e. The monoisotopic (exact) mass is 190 g/mol. The molecule has 7 heteroatoms. The minimum absolute atomic E-state index is 0.763. The first kappa shape index (κ1) is 9.16. The van der Waals surface area contributed by atoms with Crippen LogP contribution in [0.5, 0.6) is 0 Å². The molecule has 0 rings (SSSR count). The first-order chi connectivity index (χ1) is 4.13. The Balaban J connectivity index is 3.36. The molecule has 0 radical (unpaired) electrons. The second kappa shape index (κ2) is 4.99. The molecule has 0 aliphatic rings. The average Bonchev–Trinajstić information content (AvgIpc) is 1.63. The molecule has 0 heterocycles. The van der Waals surface area contributed by atoms with Crippen molar-refractivity contribution in [1.29, 1.82) is 0 Å². The smallest absolute Gasteiger partial charge is 0.275 e. The third-order valence-electron chi connectivity index (χ3n) is 0.318. The zero-order chi connectivity index (χ0) is 7.28. The van der Waals surface area contributed by atoms with Crippen LogP contribution in [0.25, 0.3) is 0 Å². The van der Waals surface area contributed by atoms with Crippen LogP contribution in [0.2, 0.25) is 0 Å². The van der Waals surface area contributed by atoms with Gasteiger partial charge in [0.2, 0.25) is 0 Å². The van der Waals surface area contributed by atoms with E-state index in [1.165, 1.54) is 0 Å². The Morgan fingerprint density at radius 3 is 2.67 bits per heavy atom. The van der Waals surface area contributed by atoms with Crippen LogP contribution in [-0.2, 0) is 11.3 Å². The lowest BCUT2D eigenvalue weighted by molar-refractivity contribution is 0.552. The Morgan fingerprint density at radius 2 is 2.33 bits per heavy atom. The van der Waals surface area contributed by atoms with Crippen LogP contribution in [0, 0.1) is 0 Å². The zero-order valence-corrected chi connectivity index (χ0v) is 6.45. The summed E-state index contributed by atoms with van der Waals surface area (Å²) in [5.74, 6) is 0. The maximum atomic E-state index is 9.78. The SMILES string of the molecule is O=S(O)N/N=C/C(Cl)Cl. The Morgan fingerprint density at radius 1 is 1.78 bits per heavy atom. The summed E-state index contributed by atoms with van der Waals surface area (Å²) in [5, 5.41) is 3.18. The van der Waals surface area contributed by atoms with E-state index >= 15 is 0 Å². The van der Waals surface area contributed by atoms with E-state index in [0.717, 1.165) is 6.21 Å². The molecule has 9 heavy (non-hydrogen) atoms. The van der Waals surface area contributed by atoms with Gasteiger partial charge in [-0.2, -0.15) is 5.10 Å². The lowest BCUT2D eigenvalue weighted by atomic mass is 10.9. The molecule has 0 amide bonds. The van der Waals surface area contributed by atoms with Crippen molar-refractivity contribution in [2.75, 3.05) is 0 Å². The number of halogens is 2. The fraction of sp³-hybridized carbons (Fsp3) is 0.500. The Hall–Kier alpha value is 0.160. The predicted molar refractivity (Wildman–Crippen MR) is 37.9 cm³/mol. The van der Waals surface area contributed by atoms with Crippen LogP contribution < -0.4 is 4.83 Å². The highest BCUT2D eigenvalue weighted by Crippen LogP contribution is 1.95. The van der Waals surface area contributed by atoms with Gasteiger partial charge in [0.15, 0.2) is 0 Å². The maximum absolute atomic E-state index is 9.78. The van der Waals surface area contributed by atoms with Gasteiger partial charge in [-0.15, -0.1) is 0 Å². The van der Waals surface area contributed by atoms with E-state index in [0.29, 0.717) is 0 Å². The van der Waals surface area contributed by atoms with Crippen molar-refractivity contribution in [2.45, 2.75) is 4.84 Å². The molecule has 0 aromatic carbocycles. The normalized spacial score (nSPS) is 14.7. The molecule has 0 aliphatic heterocycles. The van der Waals surface area contributed by atoms with Crippen LogP contribution in [-0.4, -0.2) is 19.8 Å². The summed E-state index contributed by atoms with van der Waals surface area (Å²) < 4.78 is 17.8. The van der Waals surface area contributed by atoms with Gasteiger partial charge in [-0.1, -0.05) is 23.2 Å². The molecule has 0 saturated carbocycles. The lowest BCUT2D eigenvalue weighted by Crippen LogP contribution is -2.09. The minimum atomic E-state index is -2.15. The van der Waals surface area contributed by atoms with Gasteiger partial charge < -0.3 is 0 Å². The molecule has 0 spiro atoms. The standard InChI is InChI=1S/C2H4Cl2N2O2S/c3-2(4)1-5-6-9(7)8/h1-2,6H,(H,7,8)/b5-1+. The highest BCUT2D eigenvalue weighted by atomic mass is 35.5. The number of alkyl halides is 2. The minimum Gasteiger partial charge on any atom is -0.288 e. The first-order valence-corrected chi connectivity index (χ1v) is 3.78. The quantitative estimate of drug-likeness (QED) is 0.295.